The fourth-order valence-corrected chi connectivity index (χ4v) is 0.533. The highest BCUT2D eigenvalue weighted by Crippen LogP contribution is 2.15. The minimum Gasteiger partial charge on any atom is -0.400 e. The van der Waals surface area contributed by atoms with E-state index in [-0.39, 0.29) is 0 Å². The van der Waals surface area contributed by atoms with E-state index in [4.69, 9.17) is 10.8 Å². The molecule has 0 amide bonds. The molecule has 0 fully saturated rings. The van der Waals surface area contributed by atoms with Gasteiger partial charge in [-0.1, -0.05) is 6.08 Å². The molecular formula is C7H15NO2. The van der Waals surface area contributed by atoms with E-state index >= 15 is 0 Å². The minimum absolute atomic E-state index is 0.294. The van der Waals surface area contributed by atoms with E-state index in [0.717, 1.165) is 0 Å². The Balaban J connectivity index is 4.40. The second kappa shape index (κ2) is 3.03. The van der Waals surface area contributed by atoms with Gasteiger partial charge in [0.15, 0.2) is 0 Å². The largest absolute Gasteiger partial charge is 0.400 e. The lowest BCUT2D eigenvalue weighted by molar-refractivity contribution is -0.0250. The fourth-order valence-electron chi connectivity index (χ4n) is 0.533. The number of hydrogen-bond acceptors (Lipinski definition) is 3. The van der Waals surface area contributed by atoms with Gasteiger partial charge < -0.3 is 15.9 Å². The average Bonchev–Trinajstić information content (AvgIpc) is 1.86. The Morgan fingerprint density at radius 3 is 2.20 bits per heavy atom. The van der Waals surface area contributed by atoms with Crippen LogP contribution in [0.15, 0.2) is 11.8 Å². The van der Waals surface area contributed by atoms with E-state index in [1.165, 1.54) is 13.8 Å². The summed E-state index contributed by atoms with van der Waals surface area (Å²) < 4.78 is 0. The van der Waals surface area contributed by atoms with E-state index < -0.39 is 11.7 Å². The molecule has 0 saturated heterocycles. The lowest BCUT2D eigenvalue weighted by atomic mass is 9.96. The average molecular weight is 145 g/mol. The molecule has 3 heteroatoms. The monoisotopic (exact) mass is 145 g/mol. The molecule has 2 atom stereocenters. The zero-order valence-corrected chi connectivity index (χ0v) is 6.63. The first-order valence-corrected chi connectivity index (χ1v) is 3.25. The third kappa shape index (κ3) is 1.72. The second-order valence-corrected chi connectivity index (χ2v) is 2.57. The molecule has 2 unspecified atom stereocenters. The summed E-state index contributed by atoms with van der Waals surface area (Å²) in [4.78, 5) is 0. The number of aliphatic hydroxyl groups is 2. The summed E-state index contributed by atoms with van der Waals surface area (Å²) in [5, 5.41) is 18.4. The number of rotatable bonds is 2. The smallest absolute Gasteiger partial charge is 0.126 e. The Labute approximate surface area is 61.2 Å². The predicted molar refractivity (Wildman–Crippen MR) is 40.2 cm³/mol. The molecule has 3 nitrogen and oxygen atoms in total. The van der Waals surface area contributed by atoms with Gasteiger partial charge in [-0.15, -0.1) is 0 Å². The standard InChI is InChI=1S/C7H15NO2/c1-4-6(8)7(3,10)5(2)9/h4-5,9-10H,8H2,1-3H3/b6-4+. The third-order valence-electron chi connectivity index (χ3n) is 1.71. The van der Waals surface area contributed by atoms with Crippen LogP contribution < -0.4 is 5.73 Å². The molecule has 0 rings (SSSR count). The van der Waals surface area contributed by atoms with Gasteiger partial charge >= 0.3 is 0 Å². The van der Waals surface area contributed by atoms with Crippen molar-refractivity contribution in [2.45, 2.75) is 32.5 Å². The first kappa shape index (κ1) is 9.46. The Bertz CT molecular complexity index is 139. The van der Waals surface area contributed by atoms with Crippen LogP contribution in [0.3, 0.4) is 0 Å². The SMILES string of the molecule is C/C=C(/N)C(C)(O)C(C)O. The molecule has 0 aliphatic heterocycles. The van der Waals surface area contributed by atoms with E-state index in [9.17, 15) is 5.11 Å². The van der Waals surface area contributed by atoms with Gasteiger partial charge in [0.2, 0.25) is 0 Å². The molecule has 0 spiro atoms. The maximum Gasteiger partial charge on any atom is 0.126 e. The van der Waals surface area contributed by atoms with Crippen molar-refractivity contribution in [1.29, 1.82) is 0 Å². The highest BCUT2D eigenvalue weighted by Gasteiger charge is 2.28. The van der Waals surface area contributed by atoms with Crippen molar-refractivity contribution in [3.63, 3.8) is 0 Å². The Kier molecular flexibility index (Phi) is 2.87. The molecule has 0 aliphatic carbocycles. The third-order valence-corrected chi connectivity index (χ3v) is 1.71. The number of aliphatic hydroxyl groups excluding tert-OH is 1. The van der Waals surface area contributed by atoms with E-state index in [0.29, 0.717) is 5.70 Å². The minimum atomic E-state index is -1.30. The quantitative estimate of drug-likeness (QED) is 0.511. The van der Waals surface area contributed by atoms with Crippen LogP contribution in [0, 0.1) is 0 Å². The highest BCUT2D eigenvalue weighted by atomic mass is 16.3. The molecular weight excluding hydrogens is 130 g/mol. The first-order chi connectivity index (χ1) is 4.42. The van der Waals surface area contributed by atoms with Gasteiger partial charge in [0.1, 0.15) is 5.60 Å². The van der Waals surface area contributed by atoms with Gasteiger partial charge in [-0.3, -0.25) is 0 Å². The van der Waals surface area contributed by atoms with Gasteiger partial charge in [-0.25, -0.2) is 0 Å². The number of nitrogens with two attached hydrogens (primary N) is 1. The van der Waals surface area contributed by atoms with Crippen molar-refractivity contribution in [1.82, 2.24) is 0 Å². The summed E-state index contributed by atoms with van der Waals surface area (Å²) >= 11 is 0. The summed E-state index contributed by atoms with van der Waals surface area (Å²) in [6.07, 6.45) is 0.732. The molecule has 0 aromatic carbocycles. The van der Waals surface area contributed by atoms with Crippen LogP contribution in [0.1, 0.15) is 20.8 Å². The van der Waals surface area contributed by atoms with Crippen LogP contribution >= 0.6 is 0 Å². The number of hydrogen-bond donors (Lipinski definition) is 3. The van der Waals surface area contributed by atoms with Crippen molar-refractivity contribution >= 4 is 0 Å². The molecule has 60 valence electrons. The van der Waals surface area contributed by atoms with Gasteiger partial charge in [0.05, 0.1) is 6.10 Å². The molecule has 0 heterocycles. The lowest BCUT2D eigenvalue weighted by Crippen LogP contribution is -2.42. The zero-order chi connectivity index (χ0) is 8.36. The van der Waals surface area contributed by atoms with Crippen molar-refractivity contribution in [2.24, 2.45) is 5.73 Å². The van der Waals surface area contributed by atoms with E-state index in [1.54, 1.807) is 13.0 Å². The predicted octanol–water partition coefficient (Wildman–Crippen LogP) is -0.0193. The van der Waals surface area contributed by atoms with Crippen LogP contribution in [0.25, 0.3) is 0 Å². The van der Waals surface area contributed by atoms with Crippen molar-refractivity contribution < 1.29 is 10.2 Å². The van der Waals surface area contributed by atoms with Crippen molar-refractivity contribution in [2.75, 3.05) is 0 Å². The molecule has 4 N–H and O–H groups in total. The van der Waals surface area contributed by atoms with Gasteiger partial charge in [0, 0.05) is 5.70 Å². The summed E-state index contributed by atoms with van der Waals surface area (Å²) in [6.45, 7) is 4.69. The molecule has 0 aromatic heterocycles. The summed E-state index contributed by atoms with van der Waals surface area (Å²) in [7, 11) is 0. The maximum atomic E-state index is 9.42. The molecule has 0 aromatic rings. The summed E-state index contributed by atoms with van der Waals surface area (Å²) in [5.41, 5.74) is 4.40. The molecule has 0 radical (unpaired) electrons. The van der Waals surface area contributed by atoms with Gasteiger partial charge in [-0.2, -0.15) is 0 Å². The zero-order valence-electron chi connectivity index (χ0n) is 6.63. The topological polar surface area (TPSA) is 66.5 Å². The molecule has 0 aliphatic rings. The second-order valence-electron chi connectivity index (χ2n) is 2.57. The first-order valence-electron chi connectivity index (χ1n) is 3.25. The Morgan fingerprint density at radius 2 is 2.10 bits per heavy atom. The van der Waals surface area contributed by atoms with E-state index in [2.05, 4.69) is 0 Å². The normalized spacial score (nSPS) is 21.9. The van der Waals surface area contributed by atoms with Crippen molar-refractivity contribution in [3.05, 3.63) is 11.8 Å². The van der Waals surface area contributed by atoms with Crippen LogP contribution in [0.2, 0.25) is 0 Å². The van der Waals surface area contributed by atoms with E-state index in [1.807, 2.05) is 0 Å². The van der Waals surface area contributed by atoms with Crippen LogP contribution in [0.5, 0.6) is 0 Å². The molecule has 10 heavy (non-hydrogen) atoms. The van der Waals surface area contributed by atoms with Crippen LogP contribution in [-0.4, -0.2) is 21.9 Å². The summed E-state index contributed by atoms with van der Waals surface area (Å²) in [6, 6.07) is 0. The van der Waals surface area contributed by atoms with Gasteiger partial charge in [-0.05, 0) is 20.8 Å². The van der Waals surface area contributed by atoms with Crippen LogP contribution in [0.4, 0.5) is 0 Å². The lowest BCUT2D eigenvalue weighted by Gasteiger charge is -2.26. The fraction of sp³-hybridized carbons (Fsp3) is 0.714. The highest BCUT2D eigenvalue weighted by molar-refractivity contribution is 5.12. The molecule has 0 saturated carbocycles. The van der Waals surface area contributed by atoms with Crippen LogP contribution in [-0.2, 0) is 0 Å². The maximum absolute atomic E-state index is 9.42. The molecule has 0 bridgehead atoms. The summed E-state index contributed by atoms with van der Waals surface area (Å²) in [5.74, 6) is 0. The van der Waals surface area contributed by atoms with Crippen molar-refractivity contribution in [3.8, 4) is 0 Å². The Hall–Kier alpha value is -0.540. The number of allylic oxidation sites excluding steroid dienone is 1. The van der Waals surface area contributed by atoms with Gasteiger partial charge in [0.25, 0.3) is 0 Å². The Morgan fingerprint density at radius 1 is 1.70 bits per heavy atom.